The number of piperidine rings is 2. The lowest BCUT2D eigenvalue weighted by Crippen LogP contribution is -2.48. The number of halogens is 1. The molecule has 1 N–H and O–H groups in total. The highest BCUT2D eigenvalue weighted by molar-refractivity contribution is 5.90. The first kappa shape index (κ1) is 29.6. The minimum atomic E-state index is -1.91. The van der Waals surface area contributed by atoms with Gasteiger partial charge in [-0.3, -0.25) is 4.79 Å². The number of aromatic nitrogens is 2. The predicted octanol–water partition coefficient (Wildman–Crippen LogP) is 4.12. The lowest BCUT2D eigenvalue weighted by molar-refractivity contribution is -0.169. The second-order valence-corrected chi connectivity index (χ2v) is 12.1. The van der Waals surface area contributed by atoms with Crippen LogP contribution in [0.4, 0.5) is 4.79 Å². The van der Waals surface area contributed by atoms with Gasteiger partial charge in [0, 0.05) is 35.6 Å². The first-order valence-corrected chi connectivity index (χ1v) is 15.1. The quantitative estimate of drug-likeness (QED) is 0.346. The Morgan fingerprint density at radius 2 is 1.84 bits per heavy atom. The first-order chi connectivity index (χ1) is 20.3. The molecule has 1 atom stereocenters. The van der Waals surface area contributed by atoms with E-state index >= 15 is 0 Å². The van der Waals surface area contributed by atoms with Crippen molar-refractivity contribution >= 4 is 35.4 Å². The maximum absolute atomic E-state index is 13.5. The second kappa shape index (κ2) is 11.2. The largest absolute Gasteiger partial charge is 0.458 e. The molecular weight excluding hydrogens is 572 g/mol. The van der Waals surface area contributed by atoms with Crippen molar-refractivity contribution in [1.82, 2.24) is 19.4 Å². The van der Waals surface area contributed by atoms with Crippen LogP contribution in [0.25, 0.3) is 22.3 Å². The topological polar surface area (TPSA) is 114 Å². The molecule has 2 aromatic heterocycles. The Kier molecular flexibility index (Phi) is 7.73. The van der Waals surface area contributed by atoms with Gasteiger partial charge < -0.3 is 28.9 Å². The molecule has 2 fully saturated rings. The number of likely N-dealkylation sites (tertiary alicyclic amines) is 2. The van der Waals surface area contributed by atoms with Crippen molar-refractivity contribution in [3.05, 3.63) is 56.9 Å². The number of hydrogen-bond acceptors (Lipinski definition) is 8. The van der Waals surface area contributed by atoms with Crippen LogP contribution in [0.3, 0.4) is 0 Å². The zero-order valence-electron chi connectivity index (χ0n) is 24.6. The van der Waals surface area contributed by atoms with E-state index in [4.69, 9.17) is 14.5 Å². The monoisotopic (exact) mass is 608 g/mol. The lowest BCUT2D eigenvalue weighted by atomic mass is 9.89. The van der Waals surface area contributed by atoms with Crippen LogP contribution in [-0.4, -0.2) is 68.7 Å². The van der Waals surface area contributed by atoms with Crippen LogP contribution in [-0.2, 0) is 34.7 Å². The van der Waals surface area contributed by atoms with Crippen molar-refractivity contribution in [2.45, 2.75) is 77.2 Å². The Labute approximate surface area is 256 Å². The van der Waals surface area contributed by atoms with Gasteiger partial charge in [-0.1, -0.05) is 13.3 Å². The Balaban J connectivity index is 0.00000329. The molecule has 228 valence electrons. The van der Waals surface area contributed by atoms with Crippen LogP contribution >= 0.6 is 12.4 Å². The molecule has 3 aromatic rings. The third-order valence-corrected chi connectivity index (χ3v) is 9.59. The summed E-state index contributed by atoms with van der Waals surface area (Å²) >= 11 is 0. The fourth-order valence-electron chi connectivity index (χ4n) is 7.22. The van der Waals surface area contributed by atoms with Crippen molar-refractivity contribution in [2.24, 2.45) is 0 Å². The molecule has 7 rings (SSSR count). The maximum atomic E-state index is 13.5. The number of amides is 1. The molecule has 4 aliphatic heterocycles. The smallest absolute Gasteiger partial charge is 0.415 e. The molecule has 0 saturated carbocycles. The summed E-state index contributed by atoms with van der Waals surface area (Å²) in [6.45, 7) is 7.29. The number of ether oxygens (including phenoxy) is 2. The van der Waals surface area contributed by atoms with Gasteiger partial charge >= 0.3 is 12.1 Å². The minimum Gasteiger partial charge on any atom is -0.458 e. The molecule has 4 aliphatic rings. The SMILES string of the molecule is CCc1c2c(nc3ccc(OC(=O)N4CCC(N5CCCCC5)CC4)cc13)-c1cc3c(c(=O)n1C2)COC(=O)C3(C)O.Cl. The summed E-state index contributed by atoms with van der Waals surface area (Å²) in [6, 6.07) is 7.72. The number of carbonyl (C=O) groups excluding carboxylic acids is 2. The van der Waals surface area contributed by atoms with Crippen molar-refractivity contribution in [3.63, 3.8) is 0 Å². The number of rotatable bonds is 3. The molecule has 1 aromatic carbocycles. The van der Waals surface area contributed by atoms with E-state index in [9.17, 15) is 19.5 Å². The maximum Gasteiger partial charge on any atom is 0.415 e. The molecule has 2 saturated heterocycles. The van der Waals surface area contributed by atoms with Gasteiger partial charge in [-0.2, -0.15) is 0 Å². The van der Waals surface area contributed by atoms with E-state index in [1.807, 2.05) is 19.1 Å². The van der Waals surface area contributed by atoms with Crippen LogP contribution in [0.15, 0.2) is 29.1 Å². The number of aliphatic hydroxyl groups is 1. The molecule has 0 aliphatic carbocycles. The number of benzene rings is 1. The Morgan fingerprint density at radius 3 is 2.56 bits per heavy atom. The van der Waals surface area contributed by atoms with Crippen molar-refractivity contribution in [1.29, 1.82) is 0 Å². The summed E-state index contributed by atoms with van der Waals surface area (Å²) in [4.78, 5) is 48.1. The number of cyclic esters (lactones) is 1. The molecule has 11 heteroatoms. The Hall–Kier alpha value is -3.47. The highest BCUT2D eigenvalue weighted by Gasteiger charge is 2.43. The number of aryl methyl sites for hydroxylation is 1. The summed E-state index contributed by atoms with van der Waals surface area (Å²) in [5.41, 5.74) is 2.25. The summed E-state index contributed by atoms with van der Waals surface area (Å²) in [7, 11) is 0. The fourth-order valence-corrected chi connectivity index (χ4v) is 7.22. The molecule has 1 unspecified atom stereocenters. The minimum absolute atomic E-state index is 0. The van der Waals surface area contributed by atoms with Crippen LogP contribution in [0.2, 0.25) is 0 Å². The Bertz CT molecular complexity index is 1670. The number of esters is 1. The molecule has 0 spiro atoms. The average Bonchev–Trinajstić information content (AvgIpc) is 3.37. The molecule has 0 radical (unpaired) electrons. The predicted molar refractivity (Wildman–Crippen MR) is 163 cm³/mol. The molecule has 0 bridgehead atoms. The molecule has 43 heavy (non-hydrogen) atoms. The zero-order valence-corrected chi connectivity index (χ0v) is 25.4. The number of pyridine rings is 2. The molecule has 1 amide bonds. The summed E-state index contributed by atoms with van der Waals surface area (Å²) in [5.74, 6) is -0.302. The van der Waals surface area contributed by atoms with Gasteiger partial charge in [0.1, 0.15) is 12.4 Å². The van der Waals surface area contributed by atoms with E-state index in [0.717, 1.165) is 34.9 Å². The normalized spacial score (nSPS) is 21.9. The van der Waals surface area contributed by atoms with Gasteiger partial charge in [-0.05, 0) is 81.9 Å². The number of nitrogens with zero attached hydrogens (tertiary/aromatic N) is 4. The third-order valence-electron chi connectivity index (χ3n) is 9.59. The van der Waals surface area contributed by atoms with Gasteiger partial charge in [0.15, 0.2) is 5.60 Å². The van der Waals surface area contributed by atoms with Crippen LogP contribution < -0.4 is 10.3 Å². The van der Waals surface area contributed by atoms with Gasteiger partial charge in [-0.15, -0.1) is 12.4 Å². The van der Waals surface area contributed by atoms with Gasteiger partial charge in [0.05, 0.1) is 29.0 Å². The van der Waals surface area contributed by atoms with Crippen molar-refractivity contribution in [3.8, 4) is 17.1 Å². The summed E-state index contributed by atoms with van der Waals surface area (Å²) in [5, 5.41) is 11.7. The van der Waals surface area contributed by atoms with Crippen LogP contribution in [0.1, 0.15) is 68.2 Å². The second-order valence-electron chi connectivity index (χ2n) is 12.1. The van der Waals surface area contributed by atoms with Gasteiger partial charge in [0.2, 0.25) is 0 Å². The summed E-state index contributed by atoms with van der Waals surface area (Å²) < 4.78 is 12.6. The van der Waals surface area contributed by atoms with E-state index < -0.39 is 11.6 Å². The van der Waals surface area contributed by atoms with E-state index in [0.29, 0.717) is 49.2 Å². The zero-order chi connectivity index (χ0) is 29.2. The Morgan fingerprint density at radius 1 is 1.09 bits per heavy atom. The third kappa shape index (κ3) is 4.89. The highest BCUT2D eigenvalue weighted by atomic mass is 35.5. The van der Waals surface area contributed by atoms with E-state index in [1.165, 1.54) is 39.3 Å². The highest BCUT2D eigenvalue weighted by Crippen LogP contribution is 2.40. The van der Waals surface area contributed by atoms with Gasteiger partial charge in [0.25, 0.3) is 5.56 Å². The van der Waals surface area contributed by atoms with Crippen molar-refractivity contribution < 1.29 is 24.2 Å². The summed E-state index contributed by atoms with van der Waals surface area (Å²) in [6.07, 6.45) is 6.16. The van der Waals surface area contributed by atoms with E-state index in [-0.39, 0.29) is 41.8 Å². The fraction of sp³-hybridized carbons (Fsp3) is 0.500. The standard InChI is InChI=1S/C32H36N4O6.ClH/c1-3-21-22-15-20(42-31(39)35-13-9-19(10-14-35)34-11-5-4-6-12-34)7-8-26(22)33-28-23(21)17-36-27(28)16-25-24(29(36)37)18-41-30(38)32(25,2)40;/h7-8,15-16,19,40H,3-6,9-14,17-18H2,1-2H3;1H. The average molecular weight is 609 g/mol. The van der Waals surface area contributed by atoms with Gasteiger partial charge in [-0.25, -0.2) is 14.6 Å². The van der Waals surface area contributed by atoms with E-state index in [1.54, 1.807) is 21.6 Å². The van der Waals surface area contributed by atoms with Crippen molar-refractivity contribution in [2.75, 3.05) is 26.2 Å². The lowest BCUT2D eigenvalue weighted by Gasteiger charge is -2.39. The number of hydrogen-bond donors (Lipinski definition) is 1. The van der Waals surface area contributed by atoms with Crippen LogP contribution in [0.5, 0.6) is 5.75 Å². The number of carbonyl (C=O) groups is 2. The first-order valence-electron chi connectivity index (χ1n) is 15.1. The molecular formula is C32H37ClN4O6. The van der Waals surface area contributed by atoms with Crippen LogP contribution in [0, 0.1) is 0 Å². The molecule has 10 nitrogen and oxygen atoms in total. The number of fused-ring (bicyclic) bond motifs is 5. The van der Waals surface area contributed by atoms with E-state index in [2.05, 4.69) is 4.90 Å². The molecule has 6 heterocycles.